The normalized spacial score (nSPS) is 19.5. The van der Waals surface area contributed by atoms with Crippen LogP contribution in [0.2, 0.25) is 0 Å². The minimum Gasteiger partial charge on any atom is -0.490 e. The van der Waals surface area contributed by atoms with Gasteiger partial charge in [0.05, 0.1) is 16.7 Å². The van der Waals surface area contributed by atoms with E-state index in [0.717, 1.165) is 43.6 Å². The molecule has 7 heteroatoms. The van der Waals surface area contributed by atoms with E-state index in [-0.39, 0.29) is 5.91 Å². The lowest BCUT2D eigenvalue weighted by molar-refractivity contribution is -0.137. The Morgan fingerprint density at radius 1 is 1.04 bits per heavy atom. The number of carbonyl (C=O) groups is 1. The van der Waals surface area contributed by atoms with Gasteiger partial charge in [-0.05, 0) is 42.7 Å². The summed E-state index contributed by atoms with van der Waals surface area (Å²) >= 11 is 0. The van der Waals surface area contributed by atoms with Gasteiger partial charge < -0.3 is 10.1 Å². The number of halogens is 3. The molecule has 2 aromatic rings. The van der Waals surface area contributed by atoms with Gasteiger partial charge in [0.25, 0.3) is 5.91 Å². The molecule has 1 fully saturated rings. The van der Waals surface area contributed by atoms with Crippen LogP contribution in [0.3, 0.4) is 0 Å². The van der Waals surface area contributed by atoms with Gasteiger partial charge in [0.15, 0.2) is 0 Å². The summed E-state index contributed by atoms with van der Waals surface area (Å²) in [6.07, 6.45) is -2.86. The number of nitrogens with zero attached hydrogens (tertiary/aromatic N) is 1. The maximum Gasteiger partial charge on any atom is 0.416 e. The molecule has 2 aromatic carbocycles. The lowest BCUT2D eigenvalue weighted by atomic mass is 9.88. The summed E-state index contributed by atoms with van der Waals surface area (Å²) in [5.41, 5.74) is 0.350. The number of carbonyl (C=O) groups excluding carboxylic acids is 1. The molecule has 1 saturated heterocycles. The SMILES string of the molecule is O=C1NC2(CCN(Cc3ccc(C(F)(F)F)cc3)CC2)COc2ccccc21. The molecule has 148 valence electrons. The van der Waals surface area contributed by atoms with Crippen LogP contribution in [0.25, 0.3) is 0 Å². The number of para-hydroxylation sites is 1. The van der Waals surface area contributed by atoms with Crippen molar-refractivity contribution in [2.45, 2.75) is 31.1 Å². The zero-order chi connectivity index (χ0) is 19.8. The highest BCUT2D eigenvalue weighted by Crippen LogP contribution is 2.31. The predicted molar refractivity (Wildman–Crippen MR) is 98.1 cm³/mol. The summed E-state index contributed by atoms with van der Waals surface area (Å²) in [6.45, 7) is 2.48. The second-order valence-corrected chi connectivity index (χ2v) is 7.49. The molecule has 0 aromatic heterocycles. The molecule has 0 unspecified atom stereocenters. The number of alkyl halides is 3. The molecule has 4 nitrogen and oxygen atoms in total. The molecule has 0 atom stereocenters. The molecular formula is C21H21F3N2O2. The molecule has 0 saturated carbocycles. The zero-order valence-corrected chi connectivity index (χ0v) is 15.3. The van der Waals surface area contributed by atoms with E-state index >= 15 is 0 Å². The Bertz CT molecular complexity index is 857. The molecule has 0 radical (unpaired) electrons. The van der Waals surface area contributed by atoms with Crippen molar-refractivity contribution in [3.8, 4) is 5.75 Å². The van der Waals surface area contributed by atoms with Crippen LogP contribution in [-0.2, 0) is 12.7 Å². The van der Waals surface area contributed by atoms with Crippen molar-refractivity contribution in [2.24, 2.45) is 0 Å². The standard InChI is InChI=1S/C21H21F3N2O2/c22-21(23,24)16-7-5-15(6-8-16)13-26-11-9-20(10-12-26)14-28-18-4-2-1-3-17(18)19(27)25-20/h1-8H,9-14H2,(H,25,27). The average Bonchev–Trinajstić information content (AvgIpc) is 2.81. The second-order valence-electron chi connectivity index (χ2n) is 7.49. The number of benzene rings is 2. The van der Waals surface area contributed by atoms with Gasteiger partial charge in [-0.15, -0.1) is 0 Å². The Hall–Kier alpha value is -2.54. The lowest BCUT2D eigenvalue weighted by Gasteiger charge is -2.41. The minimum absolute atomic E-state index is 0.121. The van der Waals surface area contributed by atoms with Crippen LogP contribution in [-0.4, -0.2) is 36.0 Å². The van der Waals surface area contributed by atoms with Crippen molar-refractivity contribution in [1.29, 1.82) is 0 Å². The third kappa shape index (κ3) is 3.85. The van der Waals surface area contributed by atoms with E-state index in [1.54, 1.807) is 12.1 Å². The Morgan fingerprint density at radius 3 is 2.39 bits per heavy atom. The van der Waals surface area contributed by atoms with Crippen molar-refractivity contribution < 1.29 is 22.7 Å². The summed E-state index contributed by atoms with van der Waals surface area (Å²) < 4.78 is 44.0. The molecule has 1 N–H and O–H groups in total. The number of likely N-dealkylation sites (tertiary alicyclic amines) is 1. The summed E-state index contributed by atoms with van der Waals surface area (Å²) in [6, 6.07) is 12.5. The quantitative estimate of drug-likeness (QED) is 0.847. The van der Waals surface area contributed by atoms with Crippen LogP contribution in [0.15, 0.2) is 48.5 Å². The van der Waals surface area contributed by atoms with Crippen molar-refractivity contribution in [3.63, 3.8) is 0 Å². The lowest BCUT2D eigenvalue weighted by Crippen LogP contribution is -2.57. The van der Waals surface area contributed by atoms with E-state index in [9.17, 15) is 18.0 Å². The van der Waals surface area contributed by atoms with Gasteiger partial charge in [0.2, 0.25) is 0 Å². The highest BCUT2D eigenvalue weighted by atomic mass is 19.4. The molecule has 1 spiro atoms. The van der Waals surface area contributed by atoms with E-state index in [2.05, 4.69) is 10.2 Å². The van der Waals surface area contributed by atoms with Crippen LogP contribution >= 0.6 is 0 Å². The van der Waals surface area contributed by atoms with E-state index in [1.165, 1.54) is 12.1 Å². The fraction of sp³-hybridized carbons (Fsp3) is 0.381. The molecule has 2 aliphatic rings. The fourth-order valence-electron chi connectivity index (χ4n) is 3.81. The largest absolute Gasteiger partial charge is 0.490 e. The first-order chi connectivity index (χ1) is 13.3. The van der Waals surface area contributed by atoms with Crippen molar-refractivity contribution in [2.75, 3.05) is 19.7 Å². The van der Waals surface area contributed by atoms with Crippen LogP contribution < -0.4 is 10.1 Å². The molecule has 4 rings (SSSR count). The zero-order valence-electron chi connectivity index (χ0n) is 15.3. The van der Waals surface area contributed by atoms with E-state index in [1.807, 2.05) is 12.1 Å². The number of piperidine rings is 1. The number of ether oxygens (including phenoxy) is 1. The maximum absolute atomic E-state index is 12.7. The number of hydrogen-bond acceptors (Lipinski definition) is 3. The topological polar surface area (TPSA) is 41.6 Å². The summed E-state index contributed by atoms with van der Waals surface area (Å²) in [5, 5.41) is 3.14. The van der Waals surface area contributed by atoms with Crippen LogP contribution in [0, 0.1) is 0 Å². The Labute approximate surface area is 161 Å². The number of amides is 1. The number of hydrogen-bond donors (Lipinski definition) is 1. The van der Waals surface area contributed by atoms with Crippen LogP contribution in [0.5, 0.6) is 5.75 Å². The summed E-state index contributed by atoms with van der Waals surface area (Å²) in [4.78, 5) is 14.8. The van der Waals surface area contributed by atoms with Gasteiger partial charge in [0, 0.05) is 19.6 Å². The Morgan fingerprint density at radius 2 is 1.71 bits per heavy atom. The van der Waals surface area contributed by atoms with Gasteiger partial charge in [-0.25, -0.2) is 0 Å². The minimum atomic E-state index is -4.31. The average molecular weight is 390 g/mol. The van der Waals surface area contributed by atoms with Gasteiger partial charge >= 0.3 is 6.18 Å². The fourth-order valence-corrected chi connectivity index (χ4v) is 3.81. The first-order valence-electron chi connectivity index (χ1n) is 9.28. The summed E-state index contributed by atoms with van der Waals surface area (Å²) in [5.74, 6) is 0.480. The van der Waals surface area contributed by atoms with Crippen molar-refractivity contribution in [1.82, 2.24) is 10.2 Å². The summed E-state index contributed by atoms with van der Waals surface area (Å²) in [7, 11) is 0. The Balaban J connectivity index is 1.38. The van der Waals surface area contributed by atoms with E-state index in [4.69, 9.17) is 4.74 Å². The van der Waals surface area contributed by atoms with Crippen LogP contribution in [0.4, 0.5) is 13.2 Å². The third-order valence-corrected chi connectivity index (χ3v) is 5.51. The van der Waals surface area contributed by atoms with Crippen molar-refractivity contribution in [3.05, 3.63) is 65.2 Å². The molecular weight excluding hydrogens is 369 g/mol. The molecule has 2 heterocycles. The highest BCUT2D eigenvalue weighted by molar-refractivity contribution is 5.97. The molecule has 1 amide bonds. The number of nitrogens with one attached hydrogen (secondary N) is 1. The van der Waals surface area contributed by atoms with E-state index < -0.39 is 17.3 Å². The van der Waals surface area contributed by atoms with Gasteiger partial charge in [0.1, 0.15) is 12.4 Å². The first kappa shape index (κ1) is 18.8. The molecule has 0 aliphatic carbocycles. The monoisotopic (exact) mass is 390 g/mol. The van der Waals surface area contributed by atoms with Crippen molar-refractivity contribution >= 4 is 5.91 Å². The Kier molecular flexibility index (Phi) is 4.79. The maximum atomic E-state index is 12.7. The number of fused-ring (bicyclic) bond motifs is 1. The molecule has 0 bridgehead atoms. The number of rotatable bonds is 2. The van der Waals surface area contributed by atoms with Crippen LogP contribution in [0.1, 0.15) is 34.3 Å². The second kappa shape index (κ2) is 7.13. The first-order valence-corrected chi connectivity index (χ1v) is 9.28. The van der Waals surface area contributed by atoms with E-state index in [0.29, 0.717) is 24.5 Å². The van der Waals surface area contributed by atoms with Gasteiger partial charge in [-0.3, -0.25) is 9.69 Å². The van der Waals surface area contributed by atoms with Gasteiger partial charge in [-0.1, -0.05) is 24.3 Å². The molecule has 28 heavy (non-hydrogen) atoms. The predicted octanol–water partition coefficient (Wildman–Crippen LogP) is 3.86. The van der Waals surface area contributed by atoms with Gasteiger partial charge in [-0.2, -0.15) is 13.2 Å². The highest BCUT2D eigenvalue weighted by Gasteiger charge is 2.39. The third-order valence-electron chi connectivity index (χ3n) is 5.51. The molecule has 2 aliphatic heterocycles. The smallest absolute Gasteiger partial charge is 0.416 e.